The van der Waals surface area contributed by atoms with E-state index in [-0.39, 0.29) is 24.0 Å². The van der Waals surface area contributed by atoms with E-state index in [1.54, 1.807) is 6.08 Å². The quantitative estimate of drug-likeness (QED) is 0.658. The molecule has 0 amide bonds. The highest BCUT2D eigenvalue weighted by atomic mass is 16.3. The largest absolute Gasteiger partial charge is 0.509 e. The van der Waals surface area contributed by atoms with Crippen molar-refractivity contribution in [3.8, 4) is 0 Å². The predicted molar refractivity (Wildman–Crippen MR) is 96.2 cm³/mol. The number of aliphatic hydroxyl groups excluding tert-OH is 2. The summed E-state index contributed by atoms with van der Waals surface area (Å²) in [6.07, 6.45) is 8.84. The van der Waals surface area contributed by atoms with Crippen molar-refractivity contribution < 1.29 is 24.6 Å². The summed E-state index contributed by atoms with van der Waals surface area (Å²) in [4.78, 5) is 12.4. The van der Waals surface area contributed by atoms with E-state index in [1.807, 2.05) is 6.08 Å². The van der Waals surface area contributed by atoms with Crippen molar-refractivity contribution >= 4 is 5.78 Å². The molecule has 2 saturated carbocycles. The molecule has 0 spiro atoms. The fraction of sp³-hybridized carbons (Fsp3) is 0.667. The van der Waals surface area contributed by atoms with Crippen LogP contribution < -0.4 is 0 Å². The van der Waals surface area contributed by atoms with Crippen LogP contribution in [0.15, 0.2) is 35.1 Å². The minimum absolute atomic E-state index is 0.0728. The van der Waals surface area contributed by atoms with Gasteiger partial charge in [0, 0.05) is 36.2 Å². The SMILES string of the molecule is C[N+]1(CC2CC2)CC[C@]23CC(=O)CC[C@@]2(O)[C@H]1C=C1C=CC(O)C(O)=C13. The zero-order valence-corrected chi connectivity index (χ0v) is 15.3. The van der Waals surface area contributed by atoms with Crippen molar-refractivity contribution in [3.63, 3.8) is 0 Å². The van der Waals surface area contributed by atoms with Crippen LogP contribution in [0.25, 0.3) is 0 Å². The van der Waals surface area contributed by atoms with Gasteiger partial charge < -0.3 is 19.8 Å². The number of carbonyl (C=O) groups excluding carboxylic acids is 1. The molecule has 4 aliphatic carbocycles. The number of nitrogens with zero attached hydrogens (tertiary/aromatic N) is 1. The first-order valence-corrected chi connectivity index (χ1v) is 9.89. The van der Waals surface area contributed by atoms with Gasteiger partial charge >= 0.3 is 0 Å². The lowest BCUT2D eigenvalue weighted by molar-refractivity contribution is -0.944. The third-order valence-electron chi connectivity index (χ3n) is 7.79. The maximum Gasteiger partial charge on any atom is 0.138 e. The molecule has 3 fully saturated rings. The molecule has 0 aromatic rings. The number of fused-ring (bicyclic) bond motifs is 1. The summed E-state index contributed by atoms with van der Waals surface area (Å²) in [6, 6.07) is -0.0728. The summed E-state index contributed by atoms with van der Waals surface area (Å²) in [5.41, 5.74) is -0.302. The number of ketones is 1. The molecule has 5 heteroatoms. The Bertz CT molecular complexity index is 779. The average molecular weight is 358 g/mol. The van der Waals surface area contributed by atoms with Gasteiger partial charge in [-0.25, -0.2) is 0 Å². The normalized spacial score (nSPS) is 47.3. The molecule has 5 aliphatic rings. The van der Waals surface area contributed by atoms with E-state index < -0.39 is 17.1 Å². The Morgan fingerprint density at radius 1 is 1.31 bits per heavy atom. The molecule has 5 rings (SSSR count). The maximum absolute atomic E-state index is 12.4. The van der Waals surface area contributed by atoms with Crippen molar-refractivity contribution in [1.82, 2.24) is 0 Å². The molecule has 2 bridgehead atoms. The van der Waals surface area contributed by atoms with Crippen molar-refractivity contribution in [2.75, 3.05) is 20.1 Å². The molecule has 2 unspecified atom stereocenters. The van der Waals surface area contributed by atoms with Crippen LogP contribution in [0, 0.1) is 11.3 Å². The first-order chi connectivity index (χ1) is 12.3. The van der Waals surface area contributed by atoms with E-state index in [0.717, 1.165) is 29.1 Å². The summed E-state index contributed by atoms with van der Waals surface area (Å²) >= 11 is 0. The van der Waals surface area contributed by atoms with Crippen LogP contribution >= 0.6 is 0 Å². The zero-order chi connectivity index (χ0) is 18.3. The van der Waals surface area contributed by atoms with Gasteiger partial charge in [-0.05, 0) is 37.0 Å². The topological polar surface area (TPSA) is 77.8 Å². The van der Waals surface area contributed by atoms with Crippen LogP contribution in [-0.4, -0.2) is 63.5 Å². The van der Waals surface area contributed by atoms with Crippen LogP contribution in [0.2, 0.25) is 0 Å². The lowest BCUT2D eigenvalue weighted by Crippen LogP contribution is -2.76. The Labute approximate surface area is 153 Å². The Hall–Kier alpha value is -1.43. The molecule has 0 aromatic carbocycles. The minimum Gasteiger partial charge on any atom is -0.509 e. The van der Waals surface area contributed by atoms with E-state index in [2.05, 4.69) is 13.1 Å². The van der Waals surface area contributed by atoms with E-state index in [9.17, 15) is 20.1 Å². The Balaban J connectivity index is 1.72. The molecular formula is C21H28NO4+. The molecule has 1 heterocycles. The van der Waals surface area contributed by atoms with E-state index >= 15 is 0 Å². The number of Topliss-reactive ketones (excluding diaryl/α,β-unsaturated/α-hetero) is 1. The molecule has 1 aliphatic heterocycles. The zero-order valence-electron chi connectivity index (χ0n) is 15.3. The summed E-state index contributed by atoms with van der Waals surface area (Å²) in [5, 5.41) is 32.9. The number of likely N-dealkylation sites (N-methyl/N-ethyl adjacent to an activating group) is 1. The molecule has 26 heavy (non-hydrogen) atoms. The number of hydrogen-bond acceptors (Lipinski definition) is 4. The minimum atomic E-state index is -1.05. The number of hydrogen-bond donors (Lipinski definition) is 3. The van der Waals surface area contributed by atoms with E-state index in [1.165, 1.54) is 12.8 Å². The highest BCUT2D eigenvalue weighted by molar-refractivity contribution is 5.82. The van der Waals surface area contributed by atoms with E-state index in [4.69, 9.17) is 0 Å². The van der Waals surface area contributed by atoms with Crippen molar-refractivity contribution in [1.29, 1.82) is 0 Å². The second kappa shape index (κ2) is 5.09. The number of likely N-dealkylation sites (tertiary alicyclic amines) is 1. The predicted octanol–water partition coefficient (Wildman–Crippen LogP) is 1.77. The first kappa shape index (κ1) is 16.7. The van der Waals surface area contributed by atoms with Crippen LogP contribution in [-0.2, 0) is 4.79 Å². The number of allylic oxidation sites excluding steroid dienone is 2. The van der Waals surface area contributed by atoms with Crippen LogP contribution in [0.1, 0.15) is 38.5 Å². The van der Waals surface area contributed by atoms with Gasteiger partial charge in [0.25, 0.3) is 0 Å². The average Bonchev–Trinajstić information content (AvgIpc) is 3.39. The summed E-state index contributed by atoms with van der Waals surface area (Å²) in [5.74, 6) is 0.815. The second-order valence-electron chi connectivity index (χ2n) is 9.43. The van der Waals surface area contributed by atoms with Gasteiger partial charge in [0.2, 0.25) is 0 Å². The van der Waals surface area contributed by atoms with Gasteiger partial charge in [0.15, 0.2) is 0 Å². The van der Waals surface area contributed by atoms with Gasteiger partial charge in [0.1, 0.15) is 29.3 Å². The lowest BCUT2D eigenvalue weighted by Gasteiger charge is -2.64. The number of aliphatic hydroxyl groups is 3. The Morgan fingerprint density at radius 3 is 2.81 bits per heavy atom. The van der Waals surface area contributed by atoms with Gasteiger partial charge in [-0.3, -0.25) is 4.79 Å². The standard InChI is InChI=1S/C21H27NO4/c1-22(12-13-2-3-13)9-8-20-11-15(23)6-7-21(20,26)17(22)10-14-4-5-16(24)19(25)18(14)20/h4-5,10,13,16-17,24,26H,2-3,6-9,11-12H2,1H3/p+1/t16?,17-,20-,21-,22?/m1/s1. The molecular weight excluding hydrogens is 330 g/mol. The third-order valence-corrected chi connectivity index (χ3v) is 7.79. The lowest BCUT2D eigenvalue weighted by atomic mass is 9.48. The molecule has 0 aromatic heterocycles. The molecule has 1 saturated heterocycles. The van der Waals surface area contributed by atoms with Gasteiger partial charge in [0.05, 0.1) is 20.1 Å². The summed E-state index contributed by atoms with van der Waals surface area (Å²) in [6.45, 7) is 1.95. The number of rotatable bonds is 2. The van der Waals surface area contributed by atoms with Crippen LogP contribution in [0.4, 0.5) is 0 Å². The van der Waals surface area contributed by atoms with Gasteiger partial charge in [-0.1, -0.05) is 6.08 Å². The second-order valence-corrected chi connectivity index (χ2v) is 9.43. The van der Waals surface area contributed by atoms with Crippen molar-refractivity contribution in [2.45, 2.75) is 56.3 Å². The summed E-state index contributed by atoms with van der Waals surface area (Å²) in [7, 11) is 2.24. The number of piperidine rings is 1. The van der Waals surface area contributed by atoms with Crippen molar-refractivity contribution in [3.05, 3.63) is 35.1 Å². The maximum atomic E-state index is 12.4. The molecule has 5 nitrogen and oxygen atoms in total. The van der Waals surface area contributed by atoms with Crippen LogP contribution in [0.3, 0.4) is 0 Å². The van der Waals surface area contributed by atoms with Gasteiger partial charge in [-0.2, -0.15) is 0 Å². The van der Waals surface area contributed by atoms with Crippen molar-refractivity contribution in [2.24, 2.45) is 11.3 Å². The fourth-order valence-electron chi connectivity index (χ4n) is 6.32. The number of quaternary nitrogens is 1. The highest BCUT2D eigenvalue weighted by Crippen LogP contribution is 2.63. The molecule has 0 radical (unpaired) electrons. The van der Waals surface area contributed by atoms with Gasteiger partial charge in [-0.15, -0.1) is 0 Å². The molecule has 5 atom stereocenters. The van der Waals surface area contributed by atoms with Crippen LogP contribution in [0.5, 0.6) is 0 Å². The fourth-order valence-corrected chi connectivity index (χ4v) is 6.32. The number of carbonyl (C=O) groups is 1. The Morgan fingerprint density at radius 2 is 2.08 bits per heavy atom. The summed E-state index contributed by atoms with van der Waals surface area (Å²) < 4.78 is 0.811. The Kier molecular flexibility index (Phi) is 3.27. The highest BCUT2D eigenvalue weighted by Gasteiger charge is 2.70. The van der Waals surface area contributed by atoms with E-state index in [0.29, 0.717) is 24.8 Å². The molecule has 3 N–H and O–H groups in total. The molecule has 140 valence electrons. The monoisotopic (exact) mass is 358 g/mol. The first-order valence-electron chi connectivity index (χ1n) is 9.89. The smallest absolute Gasteiger partial charge is 0.138 e. The third kappa shape index (κ3) is 1.99.